The summed E-state index contributed by atoms with van der Waals surface area (Å²) in [5, 5.41) is 4.26. The van der Waals surface area contributed by atoms with Gasteiger partial charge in [0.05, 0.1) is 29.9 Å². The summed E-state index contributed by atoms with van der Waals surface area (Å²) in [5.74, 6) is 2.38. The highest BCUT2D eigenvalue weighted by Crippen LogP contribution is 2.33. The third-order valence-corrected chi connectivity index (χ3v) is 6.38. The van der Waals surface area contributed by atoms with Crippen LogP contribution in [0.4, 0.5) is 5.69 Å². The Morgan fingerprint density at radius 2 is 1.97 bits per heavy atom. The summed E-state index contributed by atoms with van der Waals surface area (Å²) >= 11 is 3.36. The number of rotatable bonds is 5. The smallest absolute Gasteiger partial charge is 0.231 e. The van der Waals surface area contributed by atoms with Crippen molar-refractivity contribution in [1.82, 2.24) is 4.57 Å². The highest BCUT2D eigenvalue weighted by atomic mass is 32.1. The lowest BCUT2D eigenvalue weighted by molar-refractivity contribution is 0.174. The molecule has 146 valence electrons. The molecule has 0 unspecified atom stereocenters. The Bertz CT molecular complexity index is 1210. The van der Waals surface area contributed by atoms with Crippen molar-refractivity contribution in [3.05, 3.63) is 75.7 Å². The Kier molecular flexibility index (Phi) is 4.83. The fraction of sp³-hybridized carbons (Fsp3) is 0.136. The molecule has 3 heterocycles. The molecule has 5 nitrogen and oxygen atoms in total. The maximum atomic E-state index is 5.55. The van der Waals surface area contributed by atoms with E-state index < -0.39 is 0 Å². The van der Waals surface area contributed by atoms with Gasteiger partial charge in [-0.05, 0) is 41.3 Å². The molecular weight excluding hydrogens is 404 g/mol. The zero-order valence-corrected chi connectivity index (χ0v) is 17.3. The third kappa shape index (κ3) is 3.66. The van der Waals surface area contributed by atoms with Gasteiger partial charge >= 0.3 is 0 Å². The Labute approximate surface area is 176 Å². The predicted molar refractivity (Wildman–Crippen MR) is 116 cm³/mol. The topological polar surface area (TPSA) is 45.0 Å². The average molecular weight is 423 g/mol. The lowest BCUT2D eigenvalue weighted by Crippen LogP contribution is -2.16. The molecule has 5 rings (SSSR count). The average Bonchev–Trinajstić information content (AvgIpc) is 3.49. The number of aromatic nitrogens is 1. The zero-order chi connectivity index (χ0) is 19.6. The van der Waals surface area contributed by atoms with Crippen LogP contribution < -0.4 is 19.0 Å². The number of hydrogen-bond donors (Lipinski definition) is 0. The van der Waals surface area contributed by atoms with Gasteiger partial charge in [-0.15, -0.1) is 22.7 Å². The second-order valence-electron chi connectivity index (χ2n) is 6.47. The Morgan fingerprint density at radius 1 is 1.03 bits per heavy atom. The number of thiazole rings is 1. The molecule has 0 saturated carbocycles. The predicted octanol–water partition coefficient (Wildman–Crippen LogP) is 5.30. The first-order valence-corrected chi connectivity index (χ1v) is 10.9. The third-order valence-electron chi connectivity index (χ3n) is 4.63. The van der Waals surface area contributed by atoms with Crippen LogP contribution in [0.15, 0.2) is 70.3 Å². The van der Waals surface area contributed by atoms with E-state index in [1.165, 1.54) is 4.88 Å². The van der Waals surface area contributed by atoms with Crippen LogP contribution in [0, 0.1) is 0 Å². The number of nitrogens with zero attached hydrogens (tertiary/aromatic N) is 2. The molecule has 0 amide bonds. The van der Waals surface area contributed by atoms with Gasteiger partial charge in [-0.3, -0.25) is 0 Å². The summed E-state index contributed by atoms with van der Waals surface area (Å²) in [7, 11) is 1.67. The van der Waals surface area contributed by atoms with Gasteiger partial charge in [-0.25, -0.2) is 4.99 Å². The van der Waals surface area contributed by atoms with Gasteiger partial charge in [-0.1, -0.05) is 18.2 Å². The summed E-state index contributed by atoms with van der Waals surface area (Å²) in [4.78, 5) is 7.05. The molecule has 0 saturated heterocycles. The van der Waals surface area contributed by atoms with Gasteiger partial charge in [0.1, 0.15) is 5.75 Å². The maximum absolute atomic E-state index is 5.55. The van der Waals surface area contributed by atoms with E-state index in [0.29, 0.717) is 6.54 Å². The molecule has 0 radical (unpaired) electrons. The number of hydrogen-bond acceptors (Lipinski definition) is 6. The van der Waals surface area contributed by atoms with Crippen LogP contribution in [-0.4, -0.2) is 18.5 Å². The minimum Gasteiger partial charge on any atom is -0.497 e. The van der Waals surface area contributed by atoms with E-state index in [9.17, 15) is 0 Å². The molecule has 7 heteroatoms. The number of methoxy groups -OCH3 is 1. The van der Waals surface area contributed by atoms with Crippen molar-refractivity contribution < 1.29 is 14.2 Å². The Morgan fingerprint density at radius 3 is 2.83 bits per heavy atom. The second-order valence-corrected chi connectivity index (χ2v) is 8.25. The standard InChI is InChI=1S/C22H18N2O3S2/c1-25-17-5-2-4-16(11-17)23-22-24(18(13-29-22)21-6-3-9-28-21)12-15-7-8-19-20(10-15)27-14-26-19/h2-11,13H,12,14H2,1H3. The van der Waals surface area contributed by atoms with E-state index >= 15 is 0 Å². The van der Waals surface area contributed by atoms with Crippen molar-refractivity contribution in [2.24, 2.45) is 4.99 Å². The molecule has 29 heavy (non-hydrogen) atoms. The molecule has 0 N–H and O–H groups in total. The molecule has 0 atom stereocenters. The van der Waals surface area contributed by atoms with Gasteiger partial charge in [0, 0.05) is 11.4 Å². The summed E-state index contributed by atoms with van der Waals surface area (Å²) in [6, 6.07) is 18.1. The zero-order valence-electron chi connectivity index (χ0n) is 15.7. The summed E-state index contributed by atoms with van der Waals surface area (Å²) in [6.07, 6.45) is 0. The number of fused-ring (bicyclic) bond motifs is 1. The van der Waals surface area contributed by atoms with Gasteiger partial charge in [0.15, 0.2) is 16.3 Å². The van der Waals surface area contributed by atoms with E-state index in [4.69, 9.17) is 19.2 Å². The molecule has 1 aliphatic heterocycles. The molecule has 0 bridgehead atoms. The second kappa shape index (κ2) is 7.77. The molecule has 2 aromatic heterocycles. The van der Waals surface area contributed by atoms with Crippen molar-refractivity contribution in [2.75, 3.05) is 13.9 Å². The molecule has 0 spiro atoms. The SMILES string of the molecule is COc1cccc(N=c2scc(-c3cccs3)n2Cc2ccc3c(c2)OCO3)c1. The highest BCUT2D eigenvalue weighted by molar-refractivity contribution is 7.14. The van der Waals surface area contributed by atoms with Gasteiger partial charge in [0.25, 0.3) is 0 Å². The molecule has 4 aromatic rings. The molecule has 2 aromatic carbocycles. The number of thiophene rings is 1. The van der Waals surface area contributed by atoms with Gasteiger partial charge < -0.3 is 18.8 Å². The summed E-state index contributed by atoms with van der Waals surface area (Å²) in [5.41, 5.74) is 3.16. The van der Waals surface area contributed by atoms with Crippen molar-refractivity contribution in [2.45, 2.75) is 6.54 Å². The fourth-order valence-corrected chi connectivity index (χ4v) is 4.95. The first kappa shape index (κ1) is 18.0. The van der Waals surface area contributed by atoms with Crippen LogP contribution >= 0.6 is 22.7 Å². The van der Waals surface area contributed by atoms with Crippen LogP contribution in [0.25, 0.3) is 10.6 Å². The van der Waals surface area contributed by atoms with Crippen molar-refractivity contribution in [1.29, 1.82) is 0 Å². The largest absolute Gasteiger partial charge is 0.497 e. The van der Waals surface area contributed by atoms with Crippen molar-refractivity contribution in [3.8, 4) is 27.8 Å². The summed E-state index contributed by atoms with van der Waals surface area (Å²) in [6.45, 7) is 0.970. The number of benzene rings is 2. The maximum Gasteiger partial charge on any atom is 0.231 e. The monoisotopic (exact) mass is 422 g/mol. The Hall–Kier alpha value is -3.03. The summed E-state index contributed by atoms with van der Waals surface area (Å²) < 4.78 is 18.6. The van der Waals surface area contributed by atoms with E-state index in [-0.39, 0.29) is 6.79 Å². The van der Waals surface area contributed by atoms with Crippen LogP contribution in [-0.2, 0) is 6.54 Å². The molecular formula is C22H18N2O3S2. The van der Waals surface area contributed by atoms with Crippen LogP contribution in [0.2, 0.25) is 0 Å². The minimum absolute atomic E-state index is 0.279. The van der Waals surface area contributed by atoms with Gasteiger partial charge in [0.2, 0.25) is 6.79 Å². The van der Waals surface area contributed by atoms with E-state index in [1.54, 1.807) is 29.8 Å². The quantitative estimate of drug-likeness (QED) is 0.439. The van der Waals surface area contributed by atoms with Crippen LogP contribution in [0.1, 0.15) is 5.56 Å². The lowest BCUT2D eigenvalue weighted by atomic mass is 10.2. The number of ether oxygens (including phenoxy) is 3. The highest BCUT2D eigenvalue weighted by Gasteiger charge is 2.15. The van der Waals surface area contributed by atoms with Crippen LogP contribution in [0.5, 0.6) is 17.2 Å². The van der Waals surface area contributed by atoms with Crippen LogP contribution in [0.3, 0.4) is 0 Å². The first-order chi connectivity index (χ1) is 14.3. The van der Waals surface area contributed by atoms with E-state index in [1.807, 2.05) is 36.4 Å². The van der Waals surface area contributed by atoms with Crippen molar-refractivity contribution >= 4 is 28.4 Å². The fourth-order valence-electron chi connectivity index (χ4n) is 3.21. The molecule has 1 aliphatic rings. The van der Waals surface area contributed by atoms with Crippen molar-refractivity contribution in [3.63, 3.8) is 0 Å². The normalized spacial score (nSPS) is 13.1. The molecule has 0 aliphatic carbocycles. The van der Waals surface area contributed by atoms with E-state index in [2.05, 4.69) is 33.5 Å². The van der Waals surface area contributed by atoms with Gasteiger partial charge in [-0.2, -0.15) is 0 Å². The Balaban J connectivity index is 1.59. The lowest BCUT2D eigenvalue weighted by Gasteiger charge is -2.09. The molecule has 0 fully saturated rings. The first-order valence-electron chi connectivity index (χ1n) is 9.10. The van der Waals surface area contributed by atoms with E-state index in [0.717, 1.165) is 39.0 Å². The minimum atomic E-state index is 0.279.